The van der Waals surface area contributed by atoms with E-state index in [2.05, 4.69) is 0 Å². The Labute approximate surface area is 104 Å². The molecule has 1 amide bonds. The summed E-state index contributed by atoms with van der Waals surface area (Å²) in [4.78, 5) is 24.8. The van der Waals surface area contributed by atoms with Gasteiger partial charge < -0.3 is 10.6 Å². The van der Waals surface area contributed by atoms with Crippen LogP contribution in [0.3, 0.4) is 0 Å². The van der Waals surface area contributed by atoms with Crippen molar-refractivity contribution in [2.45, 2.75) is 0 Å². The van der Waals surface area contributed by atoms with Crippen LogP contribution in [0.1, 0.15) is 0 Å². The van der Waals surface area contributed by atoms with Gasteiger partial charge in [-0.05, 0) is 18.2 Å². The number of benzene rings is 1. The van der Waals surface area contributed by atoms with Crippen molar-refractivity contribution < 1.29 is 4.79 Å². The highest BCUT2D eigenvalue weighted by Crippen LogP contribution is 2.20. The summed E-state index contributed by atoms with van der Waals surface area (Å²) in [6.07, 6.45) is 0. The highest BCUT2D eigenvalue weighted by molar-refractivity contribution is 5.96. The van der Waals surface area contributed by atoms with Gasteiger partial charge in [-0.15, -0.1) is 0 Å². The summed E-state index contributed by atoms with van der Waals surface area (Å²) in [5.41, 5.74) is 7.59. The molecule has 1 aromatic heterocycles. The third-order valence-corrected chi connectivity index (χ3v) is 3.19. The van der Waals surface area contributed by atoms with Gasteiger partial charge in [-0.1, -0.05) is 0 Å². The first-order valence-corrected chi connectivity index (χ1v) is 5.59. The Balaban J connectivity index is 2.61. The van der Waals surface area contributed by atoms with E-state index >= 15 is 0 Å². The summed E-state index contributed by atoms with van der Waals surface area (Å²) in [6.45, 7) is -0.0394. The van der Waals surface area contributed by atoms with E-state index in [0.717, 1.165) is 16.7 Å². The SMILES string of the molecule is CN(C(=O)CN)c1ccc2c(c1)n(C)c(=O)n2C. The Kier molecular flexibility index (Phi) is 2.96. The van der Waals surface area contributed by atoms with Crippen LogP contribution in [0.5, 0.6) is 0 Å². The van der Waals surface area contributed by atoms with E-state index in [-0.39, 0.29) is 18.1 Å². The lowest BCUT2D eigenvalue weighted by Crippen LogP contribution is -2.32. The molecule has 1 aromatic carbocycles. The maximum Gasteiger partial charge on any atom is 0.328 e. The fourth-order valence-corrected chi connectivity index (χ4v) is 1.98. The number of fused-ring (bicyclic) bond motifs is 1. The highest BCUT2D eigenvalue weighted by Gasteiger charge is 2.12. The fourth-order valence-electron chi connectivity index (χ4n) is 1.98. The minimum atomic E-state index is -0.171. The van der Waals surface area contributed by atoms with Gasteiger partial charge >= 0.3 is 5.69 Å². The van der Waals surface area contributed by atoms with Gasteiger partial charge in [0.25, 0.3) is 0 Å². The van der Waals surface area contributed by atoms with E-state index < -0.39 is 0 Å². The van der Waals surface area contributed by atoms with Crippen LogP contribution in [-0.2, 0) is 18.9 Å². The van der Waals surface area contributed by atoms with Crippen molar-refractivity contribution in [3.05, 3.63) is 28.7 Å². The number of aryl methyl sites for hydroxylation is 2. The van der Waals surface area contributed by atoms with Gasteiger partial charge in [0.15, 0.2) is 0 Å². The van der Waals surface area contributed by atoms with Gasteiger partial charge in [-0.2, -0.15) is 0 Å². The second-order valence-electron chi connectivity index (χ2n) is 4.23. The van der Waals surface area contributed by atoms with Gasteiger partial charge in [0.05, 0.1) is 17.6 Å². The Morgan fingerprint density at radius 1 is 1.28 bits per heavy atom. The number of amides is 1. The molecule has 2 aromatic rings. The van der Waals surface area contributed by atoms with E-state index in [0.29, 0.717) is 0 Å². The van der Waals surface area contributed by atoms with E-state index in [1.807, 2.05) is 12.1 Å². The van der Waals surface area contributed by atoms with E-state index in [1.165, 1.54) is 4.90 Å². The van der Waals surface area contributed by atoms with Crippen LogP contribution < -0.4 is 16.3 Å². The molecule has 0 fully saturated rings. The van der Waals surface area contributed by atoms with Gasteiger partial charge in [0.1, 0.15) is 0 Å². The molecule has 0 aliphatic heterocycles. The minimum Gasteiger partial charge on any atom is -0.322 e. The molecule has 0 aliphatic carbocycles. The van der Waals surface area contributed by atoms with Crippen molar-refractivity contribution in [2.24, 2.45) is 19.8 Å². The summed E-state index contributed by atoms with van der Waals surface area (Å²) < 4.78 is 3.13. The van der Waals surface area contributed by atoms with Crippen LogP contribution in [0.25, 0.3) is 11.0 Å². The van der Waals surface area contributed by atoms with Crippen LogP contribution >= 0.6 is 0 Å². The number of nitrogens with zero attached hydrogens (tertiary/aromatic N) is 3. The zero-order valence-corrected chi connectivity index (χ0v) is 10.7. The molecule has 96 valence electrons. The predicted octanol–water partition coefficient (Wildman–Crippen LogP) is -0.202. The van der Waals surface area contributed by atoms with Crippen molar-refractivity contribution in [3.63, 3.8) is 0 Å². The molecule has 0 radical (unpaired) electrons. The van der Waals surface area contributed by atoms with Crippen LogP contribution in [0.15, 0.2) is 23.0 Å². The van der Waals surface area contributed by atoms with E-state index in [1.54, 1.807) is 36.3 Å². The molecule has 0 spiro atoms. The number of anilines is 1. The number of carbonyl (C=O) groups is 1. The van der Waals surface area contributed by atoms with Crippen LogP contribution in [-0.4, -0.2) is 28.6 Å². The third-order valence-electron chi connectivity index (χ3n) is 3.19. The van der Waals surface area contributed by atoms with Crippen molar-refractivity contribution in [3.8, 4) is 0 Å². The lowest BCUT2D eigenvalue weighted by molar-refractivity contribution is -0.117. The molecule has 0 aliphatic rings. The summed E-state index contributed by atoms with van der Waals surface area (Å²) >= 11 is 0. The smallest absolute Gasteiger partial charge is 0.322 e. The number of hydrogen-bond acceptors (Lipinski definition) is 3. The standard InChI is InChI=1S/C12H16N4O2/c1-14(11(17)7-13)8-4-5-9-10(6-8)16(3)12(18)15(9)2/h4-6H,7,13H2,1-3H3. The molecule has 6 heteroatoms. The number of aromatic nitrogens is 2. The first kappa shape index (κ1) is 12.4. The minimum absolute atomic E-state index is 0.0394. The second kappa shape index (κ2) is 4.30. The van der Waals surface area contributed by atoms with Gasteiger partial charge in [-0.25, -0.2) is 4.79 Å². The van der Waals surface area contributed by atoms with Gasteiger partial charge in [-0.3, -0.25) is 13.9 Å². The van der Waals surface area contributed by atoms with E-state index in [4.69, 9.17) is 5.73 Å². The van der Waals surface area contributed by atoms with Crippen molar-refractivity contribution >= 4 is 22.6 Å². The number of carbonyl (C=O) groups excluding carboxylic acids is 1. The lowest BCUT2D eigenvalue weighted by Gasteiger charge is -2.16. The van der Waals surface area contributed by atoms with Crippen molar-refractivity contribution in [1.82, 2.24) is 9.13 Å². The van der Waals surface area contributed by atoms with E-state index in [9.17, 15) is 9.59 Å². The van der Waals surface area contributed by atoms with Gasteiger partial charge in [0, 0.05) is 26.8 Å². The maximum atomic E-state index is 11.8. The molecule has 0 saturated heterocycles. The second-order valence-corrected chi connectivity index (χ2v) is 4.23. The maximum absolute atomic E-state index is 11.8. The first-order chi connectivity index (χ1) is 8.47. The quantitative estimate of drug-likeness (QED) is 0.799. The molecule has 0 saturated carbocycles. The predicted molar refractivity (Wildman–Crippen MR) is 70.6 cm³/mol. The van der Waals surface area contributed by atoms with Crippen LogP contribution in [0.4, 0.5) is 5.69 Å². The lowest BCUT2D eigenvalue weighted by atomic mass is 10.2. The number of nitrogens with two attached hydrogens (primary N) is 1. The monoisotopic (exact) mass is 248 g/mol. The molecule has 0 bridgehead atoms. The highest BCUT2D eigenvalue weighted by atomic mass is 16.2. The number of rotatable bonds is 2. The average Bonchev–Trinajstić information content (AvgIpc) is 2.61. The number of likely N-dealkylation sites (N-methyl/N-ethyl adjacent to an activating group) is 1. The third kappa shape index (κ3) is 1.70. The molecular weight excluding hydrogens is 232 g/mol. The molecule has 2 rings (SSSR count). The summed E-state index contributed by atoms with van der Waals surface area (Å²) in [6, 6.07) is 5.44. The van der Waals surface area contributed by atoms with Crippen molar-refractivity contribution in [2.75, 3.05) is 18.5 Å². The van der Waals surface area contributed by atoms with Crippen molar-refractivity contribution in [1.29, 1.82) is 0 Å². The molecular formula is C12H16N4O2. The summed E-state index contributed by atoms with van der Waals surface area (Å²) in [5.74, 6) is -0.171. The molecule has 2 N–H and O–H groups in total. The number of hydrogen-bond donors (Lipinski definition) is 1. The topological polar surface area (TPSA) is 73.3 Å². The molecule has 0 unspecified atom stereocenters. The number of imidazole rings is 1. The van der Waals surface area contributed by atoms with Crippen LogP contribution in [0.2, 0.25) is 0 Å². The fraction of sp³-hybridized carbons (Fsp3) is 0.333. The molecule has 18 heavy (non-hydrogen) atoms. The summed E-state index contributed by atoms with van der Waals surface area (Å²) in [7, 11) is 5.09. The molecule has 0 atom stereocenters. The Hall–Kier alpha value is -2.08. The Morgan fingerprint density at radius 3 is 2.50 bits per heavy atom. The summed E-state index contributed by atoms with van der Waals surface area (Å²) in [5, 5.41) is 0. The Bertz CT molecular complexity index is 669. The Morgan fingerprint density at radius 2 is 1.89 bits per heavy atom. The normalized spacial score (nSPS) is 10.9. The molecule has 6 nitrogen and oxygen atoms in total. The largest absolute Gasteiger partial charge is 0.328 e. The van der Waals surface area contributed by atoms with Gasteiger partial charge in [0.2, 0.25) is 5.91 Å². The zero-order valence-electron chi connectivity index (χ0n) is 10.7. The molecule has 1 heterocycles. The first-order valence-electron chi connectivity index (χ1n) is 5.59. The van der Waals surface area contributed by atoms with Crippen LogP contribution in [0, 0.1) is 0 Å². The average molecular weight is 248 g/mol. The zero-order chi connectivity index (χ0) is 13.4.